The average Bonchev–Trinajstić information content (AvgIpc) is 2.72. The van der Waals surface area contributed by atoms with Crippen molar-refractivity contribution in [1.82, 2.24) is 4.90 Å². The first-order valence-corrected chi connectivity index (χ1v) is 8.46. The molecule has 1 rings (SSSR count). The second-order valence-electron chi connectivity index (χ2n) is 7.37. The van der Waals surface area contributed by atoms with Crippen LogP contribution in [0.3, 0.4) is 0 Å². The summed E-state index contributed by atoms with van der Waals surface area (Å²) < 4.78 is 16.4. The van der Waals surface area contributed by atoms with E-state index in [1.165, 1.54) is 0 Å². The highest BCUT2D eigenvalue weighted by Gasteiger charge is 2.48. The molecule has 1 heterocycles. The number of carbonyl (C=O) groups excluding carboxylic acids is 2. The fraction of sp³-hybridized carbons (Fsp3) is 0.778. The van der Waals surface area contributed by atoms with E-state index in [1.54, 1.807) is 11.8 Å². The van der Waals surface area contributed by atoms with Gasteiger partial charge in [0.05, 0.1) is 25.7 Å². The number of hydrogen-bond donors (Lipinski definition) is 0. The Labute approximate surface area is 145 Å². The van der Waals surface area contributed by atoms with Gasteiger partial charge >= 0.3 is 12.1 Å². The fourth-order valence-corrected chi connectivity index (χ4v) is 2.81. The molecule has 0 N–H and O–H groups in total. The molecule has 0 aromatic carbocycles. The van der Waals surface area contributed by atoms with Gasteiger partial charge in [0, 0.05) is 5.92 Å². The average molecular weight is 341 g/mol. The Morgan fingerprint density at radius 3 is 2.50 bits per heavy atom. The van der Waals surface area contributed by atoms with E-state index < -0.39 is 17.4 Å². The molecule has 0 bridgehead atoms. The Morgan fingerprint density at radius 1 is 1.38 bits per heavy atom. The summed E-state index contributed by atoms with van der Waals surface area (Å²) in [4.78, 5) is 26.2. The smallest absolute Gasteiger partial charge is 0.412 e. The number of amides is 1. The number of ether oxygens (including phenoxy) is 3. The summed E-state index contributed by atoms with van der Waals surface area (Å²) in [7, 11) is 0. The van der Waals surface area contributed by atoms with Crippen LogP contribution < -0.4 is 0 Å². The molecule has 2 atom stereocenters. The van der Waals surface area contributed by atoms with Crippen LogP contribution in [0.15, 0.2) is 12.2 Å². The molecular formula is C18H31NO5. The van der Waals surface area contributed by atoms with Crippen LogP contribution in [0.5, 0.6) is 0 Å². The van der Waals surface area contributed by atoms with E-state index in [1.807, 2.05) is 53.7 Å². The van der Waals surface area contributed by atoms with Crippen molar-refractivity contribution < 1.29 is 23.8 Å². The zero-order valence-corrected chi connectivity index (χ0v) is 15.9. The Bertz CT molecular complexity index is 478. The summed E-state index contributed by atoms with van der Waals surface area (Å²) >= 11 is 0. The maximum Gasteiger partial charge on any atom is 0.412 e. The number of allylic oxidation sites excluding steroid dienone is 1. The second-order valence-corrected chi connectivity index (χ2v) is 7.37. The topological polar surface area (TPSA) is 65.1 Å². The number of rotatable bonds is 5. The van der Waals surface area contributed by atoms with Gasteiger partial charge in [0.1, 0.15) is 11.3 Å². The summed E-state index contributed by atoms with van der Waals surface area (Å²) in [5.74, 6) is -0.474. The third-order valence-electron chi connectivity index (χ3n) is 3.75. The molecule has 1 fully saturated rings. The van der Waals surface area contributed by atoms with Crippen LogP contribution in [-0.2, 0) is 19.0 Å². The van der Waals surface area contributed by atoms with Crippen LogP contribution >= 0.6 is 0 Å². The van der Waals surface area contributed by atoms with Crippen molar-refractivity contribution in [2.45, 2.75) is 72.3 Å². The highest BCUT2D eigenvalue weighted by Crippen LogP contribution is 2.34. The summed E-state index contributed by atoms with van der Waals surface area (Å²) in [6.07, 6.45) is 3.56. The van der Waals surface area contributed by atoms with E-state index in [-0.39, 0.29) is 24.3 Å². The molecule has 1 saturated heterocycles. The molecule has 0 radical (unpaired) electrons. The molecule has 138 valence electrons. The van der Waals surface area contributed by atoms with Crippen LogP contribution in [0.1, 0.15) is 54.9 Å². The van der Waals surface area contributed by atoms with Crippen molar-refractivity contribution in [1.29, 1.82) is 0 Å². The van der Waals surface area contributed by atoms with Crippen LogP contribution in [0, 0.1) is 5.92 Å². The molecule has 6 heteroatoms. The lowest BCUT2D eigenvalue weighted by molar-refractivity contribution is -0.144. The van der Waals surface area contributed by atoms with Gasteiger partial charge in [0.15, 0.2) is 0 Å². The summed E-state index contributed by atoms with van der Waals surface area (Å²) in [6.45, 7) is 13.5. The molecule has 6 nitrogen and oxygen atoms in total. The number of hydrogen-bond acceptors (Lipinski definition) is 5. The van der Waals surface area contributed by atoms with E-state index in [4.69, 9.17) is 14.2 Å². The molecule has 0 spiro atoms. The minimum absolute atomic E-state index is 0.191. The van der Waals surface area contributed by atoms with Gasteiger partial charge in [-0.2, -0.15) is 0 Å². The molecule has 24 heavy (non-hydrogen) atoms. The predicted molar refractivity (Wildman–Crippen MR) is 91.4 cm³/mol. The number of nitrogens with zero attached hydrogens (tertiary/aromatic N) is 1. The molecule has 0 aliphatic carbocycles. The molecule has 0 aromatic rings. The maximum atomic E-state index is 12.7. The normalized spacial score (nSPS) is 21.8. The van der Waals surface area contributed by atoms with Gasteiger partial charge < -0.3 is 14.2 Å². The van der Waals surface area contributed by atoms with Crippen molar-refractivity contribution in [2.24, 2.45) is 5.92 Å². The Morgan fingerprint density at radius 2 is 2.00 bits per heavy atom. The zero-order valence-electron chi connectivity index (χ0n) is 15.9. The van der Waals surface area contributed by atoms with E-state index in [0.29, 0.717) is 13.2 Å². The predicted octanol–water partition coefficient (Wildman–Crippen LogP) is 3.50. The number of carbonyl (C=O) groups is 2. The molecule has 1 amide bonds. The van der Waals surface area contributed by atoms with Crippen LogP contribution in [0.4, 0.5) is 4.79 Å². The molecular weight excluding hydrogens is 310 g/mol. The first-order chi connectivity index (χ1) is 11.0. The third-order valence-corrected chi connectivity index (χ3v) is 3.75. The summed E-state index contributed by atoms with van der Waals surface area (Å²) in [5, 5.41) is 0. The highest BCUT2D eigenvalue weighted by atomic mass is 16.6. The van der Waals surface area contributed by atoms with Crippen molar-refractivity contribution in [2.75, 3.05) is 13.2 Å². The first kappa shape index (κ1) is 20.5. The van der Waals surface area contributed by atoms with E-state index in [0.717, 1.165) is 0 Å². The van der Waals surface area contributed by atoms with Gasteiger partial charge in [-0.3, -0.25) is 9.69 Å². The standard InChI is InChI=1S/C18H31NO5/c1-8-10-13(11-15(20)22-9-2)14-12-23-18(6,7)19(14)16(21)24-17(3,4)5/h8,10,13-14H,9,11-12H2,1-7H3/t13?,14-/m1/s1. The van der Waals surface area contributed by atoms with Crippen molar-refractivity contribution in [3.05, 3.63) is 12.2 Å². The van der Waals surface area contributed by atoms with Crippen LogP contribution in [-0.4, -0.2) is 47.5 Å². The largest absolute Gasteiger partial charge is 0.466 e. The van der Waals surface area contributed by atoms with Gasteiger partial charge in [0.25, 0.3) is 0 Å². The molecule has 1 aliphatic heterocycles. The molecule has 1 unspecified atom stereocenters. The maximum absolute atomic E-state index is 12.7. The van der Waals surface area contributed by atoms with Gasteiger partial charge in [-0.05, 0) is 48.5 Å². The highest BCUT2D eigenvalue weighted by molar-refractivity contribution is 5.72. The summed E-state index contributed by atoms with van der Waals surface area (Å²) in [5.41, 5.74) is -1.39. The Hall–Kier alpha value is -1.56. The van der Waals surface area contributed by atoms with Gasteiger partial charge in [-0.1, -0.05) is 12.2 Å². The van der Waals surface area contributed by atoms with E-state index >= 15 is 0 Å². The molecule has 0 saturated carbocycles. The van der Waals surface area contributed by atoms with E-state index in [9.17, 15) is 9.59 Å². The third kappa shape index (κ3) is 5.51. The van der Waals surface area contributed by atoms with Gasteiger partial charge in [0.2, 0.25) is 0 Å². The molecule has 1 aliphatic rings. The summed E-state index contributed by atoms with van der Waals surface area (Å²) in [6, 6.07) is -0.282. The lowest BCUT2D eigenvalue weighted by Gasteiger charge is -2.37. The minimum Gasteiger partial charge on any atom is -0.466 e. The van der Waals surface area contributed by atoms with Crippen LogP contribution in [0.25, 0.3) is 0 Å². The lowest BCUT2D eigenvalue weighted by Crippen LogP contribution is -2.52. The lowest BCUT2D eigenvalue weighted by atomic mass is 9.94. The molecule has 0 aromatic heterocycles. The minimum atomic E-state index is -0.790. The van der Waals surface area contributed by atoms with Crippen molar-refractivity contribution in [3.8, 4) is 0 Å². The first-order valence-electron chi connectivity index (χ1n) is 8.46. The zero-order chi connectivity index (χ0) is 18.5. The Balaban J connectivity index is 3.03. The van der Waals surface area contributed by atoms with Gasteiger partial charge in [-0.25, -0.2) is 4.79 Å². The van der Waals surface area contributed by atoms with E-state index in [2.05, 4.69) is 0 Å². The fourth-order valence-electron chi connectivity index (χ4n) is 2.81. The van der Waals surface area contributed by atoms with Crippen molar-refractivity contribution in [3.63, 3.8) is 0 Å². The second kappa shape index (κ2) is 8.01. The van der Waals surface area contributed by atoms with Crippen LogP contribution in [0.2, 0.25) is 0 Å². The van der Waals surface area contributed by atoms with Gasteiger partial charge in [-0.15, -0.1) is 0 Å². The SMILES string of the molecule is CC=CC(CC(=O)OCC)[C@H]1COC(C)(C)N1C(=O)OC(C)(C)C. The quantitative estimate of drug-likeness (QED) is 0.565. The van der Waals surface area contributed by atoms with Crippen molar-refractivity contribution >= 4 is 12.1 Å². The number of esters is 1. The monoisotopic (exact) mass is 341 g/mol. The Kier molecular flexibility index (Phi) is 6.84.